The van der Waals surface area contributed by atoms with E-state index in [0.717, 1.165) is 18.2 Å². The van der Waals surface area contributed by atoms with E-state index in [9.17, 15) is 0 Å². The fourth-order valence-electron chi connectivity index (χ4n) is 1.57. The molecule has 0 bridgehead atoms. The molecule has 82 valence electrons. The first-order valence-electron chi connectivity index (χ1n) is 5.15. The molecule has 2 rings (SSSR count). The van der Waals surface area contributed by atoms with Gasteiger partial charge in [-0.15, -0.1) is 0 Å². The summed E-state index contributed by atoms with van der Waals surface area (Å²) in [5.41, 5.74) is 7.01. The van der Waals surface area contributed by atoms with Crippen LogP contribution in [0.2, 0.25) is 10.0 Å². The van der Waals surface area contributed by atoms with Crippen molar-refractivity contribution in [3.63, 3.8) is 0 Å². The maximum Gasteiger partial charge on any atom is 0.0720 e. The molecule has 0 unspecified atom stereocenters. The molecule has 0 heterocycles. The molecule has 1 aliphatic carbocycles. The molecule has 0 aromatic heterocycles. The Kier molecular flexibility index (Phi) is 3.27. The van der Waals surface area contributed by atoms with Gasteiger partial charge in [0.15, 0.2) is 0 Å². The molecule has 0 spiro atoms. The minimum atomic E-state index is 0.593. The fourth-order valence-corrected chi connectivity index (χ4v) is 2.21. The molecule has 0 amide bonds. The van der Waals surface area contributed by atoms with Gasteiger partial charge in [-0.25, -0.2) is 0 Å². The highest BCUT2D eigenvalue weighted by Gasteiger charge is 2.20. The van der Waals surface area contributed by atoms with Crippen LogP contribution in [0.25, 0.3) is 0 Å². The van der Waals surface area contributed by atoms with Crippen LogP contribution in [0.5, 0.6) is 0 Å². The first kappa shape index (κ1) is 10.9. The van der Waals surface area contributed by atoms with Crippen LogP contribution in [0.3, 0.4) is 0 Å². The minimum absolute atomic E-state index is 0.593. The van der Waals surface area contributed by atoms with Crippen LogP contribution in [0.4, 0.5) is 11.4 Å². The monoisotopic (exact) mass is 244 g/mol. The molecular formula is C11H14Cl2N2. The lowest BCUT2D eigenvalue weighted by molar-refractivity contribution is 0.760. The highest BCUT2D eigenvalue weighted by Crippen LogP contribution is 2.35. The lowest BCUT2D eigenvalue weighted by atomic mass is 10.2. The third-order valence-electron chi connectivity index (χ3n) is 2.62. The van der Waals surface area contributed by atoms with E-state index in [4.69, 9.17) is 28.9 Å². The maximum atomic E-state index is 6.04. The third-order valence-corrected chi connectivity index (χ3v) is 3.21. The van der Waals surface area contributed by atoms with E-state index in [1.165, 1.54) is 19.3 Å². The van der Waals surface area contributed by atoms with Crippen LogP contribution in [-0.4, -0.2) is 6.54 Å². The molecule has 1 aliphatic rings. The second kappa shape index (κ2) is 4.50. The summed E-state index contributed by atoms with van der Waals surface area (Å²) in [6.45, 7) is 0.925. The van der Waals surface area contributed by atoms with E-state index in [1.54, 1.807) is 12.1 Å². The number of anilines is 2. The van der Waals surface area contributed by atoms with Crippen LogP contribution < -0.4 is 11.1 Å². The number of halogens is 2. The standard InChI is InChI=1S/C11H14Cl2N2/c12-9-5-8(14)6-10(13)11(9)15-4-3-7-1-2-7/h5-7,15H,1-4,14H2. The van der Waals surface area contributed by atoms with Crippen molar-refractivity contribution >= 4 is 34.6 Å². The van der Waals surface area contributed by atoms with Crippen molar-refractivity contribution in [2.24, 2.45) is 5.92 Å². The SMILES string of the molecule is Nc1cc(Cl)c(NCCC2CC2)c(Cl)c1. The number of nitrogen functional groups attached to an aromatic ring is 1. The maximum absolute atomic E-state index is 6.04. The van der Waals surface area contributed by atoms with Crippen LogP contribution in [0, 0.1) is 5.92 Å². The second-order valence-corrected chi connectivity index (χ2v) is 4.83. The molecule has 0 radical (unpaired) electrons. The highest BCUT2D eigenvalue weighted by molar-refractivity contribution is 6.39. The van der Waals surface area contributed by atoms with Gasteiger partial charge in [0.05, 0.1) is 15.7 Å². The topological polar surface area (TPSA) is 38.0 Å². The minimum Gasteiger partial charge on any atom is -0.399 e. The van der Waals surface area contributed by atoms with Gasteiger partial charge in [0, 0.05) is 12.2 Å². The lowest BCUT2D eigenvalue weighted by Crippen LogP contribution is -2.03. The zero-order valence-electron chi connectivity index (χ0n) is 8.39. The Bertz CT molecular complexity index is 339. The van der Waals surface area contributed by atoms with Gasteiger partial charge >= 0.3 is 0 Å². The van der Waals surface area contributed by atoms with E-state index in [-0.39, 0.29) is 0 Å². The molecule has 15 heavy (non-hydrogen) atoms. The lowest BCUT2D eigenvalue weighted by Gasteiger charge is -2.10. The van der Waals surface area contributed by atoms with Crippen LogP contribution in [0.15, 0.2) is 12.1 Å². The molecule has 1 saturated carbocycles. The van der Waals surface area contributed by atoms with E-state index >= 15 is 0 Å². The summed E-state index contributed by atoms with van der Waals surface area (Å²) >= 11 is 12.1. The quantitative estimate of drug-likeness (QED) is 0.792. The van der Waals surface area contributed by atoms with Crippen molar-refractivity contribution in [3.8, 4) is 0 Å². The summed E-state index contributed by atoms with van der Waals surface area (Å²) in [5, 5.41) is 4.45. The Hall–Kier alpha value is -0.600. The van der Waals surface area contributed by atoms with Gasteiger partial charge in [-0.2, -0.15) is 0 Å². The van der Waals surface area contributed by atoms with Crippen LogP contribution >= 0.6 is 23.2 Å². The third kappa shape index (κ3) is 2.93. The van der Waals surface area contributed by atoms with Gasteiger partial charge in [-0.3, -0.25) is 0 Å². The van der Waals surface area contributed by atoms with Gasteiger partial charge < -0.3 is 11.1 Å². The normalized spacial score (nSPS) is 15.3. The largest absolute Gasteiger partial charge is 0.399 e. The average Bonchev–Trinajstić information content (AvgIpc) is 2.93. The molecule has 2 nitrogen and oxygen atoms in total. The molecule has 1 fully saturated rings. The molecule has 1 aromatic carbocycles. The number of nitrogens with two attached hydrogens (primary N) is 1. The van der Waals surface area contributed by atoms with E-state index in [2.05, 4.69) is 5.32 Å². The predicted molar refractivity (Wildman–Crippen MR) is 66.7 cm³/mol. The van der Waals surface area contributed by atoms with Crippen LogP contribution in [0.1, 0.15) is 19.3 Å². The van der Waals surface area contributed by atoms with E-state index < -0.39 is 0 Å². The summed E-state index contributed by atoms with van der Waals surface area (Å²) in [6.07, 6.45) is 3.92. The van der Waals surface area contributed by atoms with E-state index in [1.807, 2.05) is 0 Å². The summed E-state index contributed by atoms with van der Waals surface area (Å²) in [6, 6.07) is 3.43. The zero-order valence-corrected chi connectivity index (χ0v) is 9.91. The van der Waals surface area contributed by atoms with Crippen molar-refractivity contribution in [1.29, 1.82) is 0 Å². The van der Waals surface area contributed by atoms with Crippen LogP contribution in [-0.2, 0) is 0 Å². The number of hydrogen-bond acceptors (Lipinski definition) is 2. The van der Waals surface area contributed by atoms with Crippen molar-refractivity contribution in [2.45, 2.75) is 19.3 Å². The number of hydrogen-bond donors (Lipinski definition) is 2. The fraction of sp³-hybridized carbons (Fsp3) is 0.455. The molecule has 4 heteroatoms. The van der Waals surface area contributed by atoms with E-state index in [0.29, 0.717) is 15.7 Å². The van der Waals surface area contributed by atoms with Gasteiger partial charge in [0.25, 0.3) is 0 Å². The Morgan fingerprint density at radius 2 is 1.87 bits per heavy atom. The average molecular weight is 245 g/mol. The summed E-state index contributed by atoms with van der Waals surface area (Å²) in [4.78, 5) is 0. The Balaban J connectivity index is 1.99. The number of benzene rings is 1. The number of nitrogens with one attached hydrogen (secondary N) is 1. The molecule has 0 aliphatic heterocycles. The highest BCUT2D eigenvalue weighted by atomic mass is 35.5. The van der Waals surface area contributed by atoms with Gasteiger partial charge in [-0.05, 0) is 24.5 Å². The molecule has 3 N–H and O–H groups in total. The summed E-state index contributed by atoms with van der Waals surface area (Å²) < 4.78 is 0. The van der Waals surface area contributed by atoms with Crippen molar-refractivity contribution < 1.29 is 0 Å². The first-order valence-corrected chi connectivity index (χ1v) is 5.91. The summed E-state index contributed by atoms with van der Waals surface area (Å²) in [7, 11) is 0. The Labute approximate surface area is 99.7 Å². The van der Waals surface area contributed by atoms with Crippen molar-refractivity contribution in [2.75, 3.05) is 17.6 Å². The molecule has 1 aromatic rings. The first-order chi connectivity index (χ1) is 7.16. The zero-order chi connectivity index (χ0) is 10.8. The van der Waals surface area contributed by atoms with Crippen molar-refractivity contribution in [1.82, 2.24) is 0 Å². The van der Waals surface area contributed by atoms with Crippen molar-refractivity contribution in [3.05, 3.63) is 22.2 Å². The summed E-state index contributed by atoms with van der Waals surface area (Å²) in [5.74, 6) is 0.906. The predicted octanol–water partition coefficient (Wildman–Crippen LogP) is 3.79. The Morgan fingerprint density at radius 3 is 2.40 bits per heavy atom. The smallest absolute Gasteiger partial charge is 0.0720 e. The van der Waals surface area contributed by atoms with Gasteiger partial charge in [0.2, 0.25) is 0 Å². The van der Waals surface area contributed by atoms with Gasteiger partial charge in [0.1, 0.15) is 0 Å². The molecular weight excluding hydrogens is 231 g/mol. The molecule has 0 saturated heterocycles. The van der Waals surface area contributed by atoms with Gasteiger partial charge in [-0.1, -0.05) is 36.0 Å². The number of rotatable bonds is 4. The molecule has 0 atom stereocenters. The second-order valence-electron chi connectivity index (χ2n) is 4.02. The Morgan fingerprint density at radius 1 is 1.27 bits per heavy atom.